The van der Waals surface area contributed by atoms with E-state index in [1.165, 1.54) is 0 Å². The highest BCUT2D eigenvalue weighted by atomic mass is 16.6. The summed E-state index contributed by atoms with van der Waals surface area (Å²) in [6, 6.07) is 0. The van der Waals surface area contributed by atoms with Crippen LogP contribution in [-0.4, -0.2) is 101 Å². The van der Waals surface area contributed by atoms with E-state index < -0.39 is 17.7 Å². The Morgan fingerprint density at radius 2 is 1.27 bits per heavy atom. The van der Waals surface area contributed by atoms with Crippen molar-refractivity contribution < 1.29 is 43.4 Å². The summed E-state index contributed by atoms with van der Waals surface area (Å²) >= 11 is 0. The predicted molar refractivity (Wildman–Crippen MR) is 93.0 cm³/mol. The van der Waals surface area contributed by atoms with Gasteiger partial charge in [0.1, 0.15) is 18.3 Å². The highest BCUT2D eigenvalue weighted by Gasteiger charge is 2.18. The van der Waals surface area contributed by atoms with Crippen LogP contribution in [0.1, 0.15) is 20.8 Å². The molecule has 0 unspecified atom stereocenters. The SMILES string of the molecule is CC(C)(C)OC(=O)COC(COCCOCCO)COCCOCCO. The van der Waals surface area contributed by atoms with Gasteiger partial charge in [0.05, 0.1) is 66.1 Å². The van der Waals surface area contributed by atoms with Crippen molar-refractivity contribution in [2.45, 2.75) is 32.5 Å². The van der Waals surface area contributed by atoms with Crippen molar-refractivity contribution in [3.05, 3.63) is 0 Å². The molecule has 0 aliphatic heterocycles. The maximum absolute atomic E-state index is 11.7. The summed E-state index contributed by atoms with van der Waals surface area (Å²) in [5.74, 6) is -0.458. The Balaban J connectivity index is 4.07. The normalized spacial score (nSPS) is 11.9. The first-order valence-electron chi connectivity index (χ1n) is 8.75. The zero-order valence-corrected chi connectivity index (χ0v) is 16.1. The number of esters is 1. The third-order valence-electron chi connectivity index (χ3n) is 2.68. The molecule has 0 aromatic rings. The molecule has 26 heavy (non-hydrogen) atoms. The maximum atomic E-state index is 11.7. The highest BCUT2D eigenvalue weighted by molar-refractivity contribution is 5.71. The number of aliphatic hydroxyl groups is 2. The predicted octanol–water partition coefficient (Wildman–Crippen LogP) is -0.236. The lowest BCUT2D eigenvalue weighted by molar-refractivity contribution is -0.165. The van der Waals surface area contributed by atoms with Crippen LogP contribution in [0, 0.1) is 0 Å². The third kappa shape index (κ3) is 18.0. The Kier molecular flexibility index (Phi) is 15.9. The van der Waals surface area contributed by atoms with E-state index in [4.69, 9.17) is 38.6 Å². The van der Waals surface area contributed by atoms with Gasteiger partial charge in [-0.15, -0.1) is 0 Å². The highest BCUT2D eigenvalue weighted by Crippen LogP contribution is 2.07. The summed E-state index contributed by atoms with van der Waals surface area (Å²) in [7, 11) is 0. The molecular formula is C17H34O9. The molecule has 0 aliphatic rings. The van der Waals surface area contributed by atoms with Gasteiger partial charge in [-0.05, 0) is 20.8 Å². The molecule has 0 aromatic carbocycles. The molecule has 0 aliphatic carbocycles. The van der Waals surface area contributed by atoms with Gasteiger partial charge in [-0.1, -0.05) is 0 Å². The van der Waals surface area contributed by atoms with Crippen LogP contribution in [0.4, 0.5) is 0 Å². The minimum Gasteiger partial charge on any atom is -0.458 e. The molecule has 0 fully saturated rings. The van der Waals surface area contributed by atoms with Crippen LogP contribution in [0.2, 0.25) is 0 Å². The molecule has 0 saturated carbocycles. The van der Waals surface area contributed by atoms with E-state index in [-0.39, 0.29) is 46.2 Å². The Morgan fingerprint density at radius 1 is 0.808 bits per heavy atom. The van der Waals surface area contributed by atoms with Crippen molar-refractivity contribution in [2.24, 2.45) is 0 Å². The van der Waals surface area contributed by atoms with E-state index in [1.807, 2.05) is 0 Å². The monoisotopic (exact) mass is 382 g/mol. The van der Waals surface area contributed by atoms with Gasteiger partial charge >= 0.3 is 5.97 Å². The molecule has 9 heteroatoms. The second kappa shape index (κ2) is 16.4. The van der Waals surface area contributed by atoms with E-state index in [0.29, 0.717) is 26.4 Å². The van der Waals surface area contributed by atoms with Crippen LogP contribution < -0.4 is 0 Å². The fourth-order valence-electron chi connectivity index (χ4n) is 1.70. The molecule has 0 amide bonds. The molecule has 156 valence electrons. The van der Waals surface area contributed by atoms with Gasteiger partial charge in [-0.2, -0.15) is 0 Å². The molecule has 0 aromatic heterocycles. The molecule has 0 saturated heterocycles. The summed E-state index contributed by atoms with van der Waals surface area (Å²) in [4.78, 5) is 11.7. The third-order valence-corrected chi connectivity index (χ3v) is 2.68. The first-order valence-corrected chi connectivity index (χ1v) is 8.75. The summed E-state index contributed by atoms with van der Waals surface area (Å²) < 4.78 is 31.8. The first-order chi connectivity index (χ1) is 12.4. The van der Waals surface area contributed by atoms with E-state index in [1.54, 1.807) is 20.8 Å². The average Bonchev–Trinajstić information content (AvgIpc) is 2.56. The molecule has 0 rings (SSSR count). The Morgan fingerprint density at radius 3 is 1.69 bits per heavy atom. The van der Waals surface area contributed by atoms with E-state index in [0.717, 1.165) is 0 Å². The molecule has 0 atom stereocenters. The molecule has 0 bridgehead atoms. The van der Waals surface area contributed by atoms with Gasteiger partial charge in [0.25, 0.3) is 0 Å². The maximum Gasteiger partial charge on any atom is 0.332 e. The number of hydrogen-bond acceptors (Lipinski definition) is 9. The van der Waals surface area contributed by atoms with Crippen molar-refractivity contribution in [3.8, 4) is 0 Å². The number of aliphatic hydroxyl groups excluding tert-OH is 2. The van der Waals surface area contributed by atoms with Gasteiger partial charge in [0.2, 0.25) is 0 Å². The topological polar surface area (TPSA) is 113 Å². The van der Waals surface area contributed by atoms with Crippen molar-refractivity contribution in [3.63, 3.8) is 0 Å². The minimum atomic E-state index is -0.572. The Bertz CT molecular complexity index is 315. The zero-order chi connectivity index (χ0) is 19.7. The second-order valence-electron chi connectivity index (χ2n) is 6.34. The fraction of sp³-hybridized carbons (Fsp3) is 0.941. The van der Waals surface area contributed by atoms with E-state index >= 15 is 0 Å². The lowest BCUT2D eigenvalue weighted by Gasteiger charge is -2.22. The number of rotatable bonds is 17. The number of carbonyl (C=O) groups excluding carboxylic acids is 1. The minimum absolute atomic E-state index is 0.0339. The second-order valence-corrected chi connectivity index (χ2v) is 6.34. The van der Waals surface area contributed by atoms with Crippen LogP contribution in [0.25, 0.3) is 0 Å². The number of hydrogen-bond donors (Lipinski definition) is 2. The molecule has 9 nitrogen and oxygen atoms in total. The zero-order valence-electron chi connectivity index (χ0n) is 16.1. The van der Waals surface area contributed by atoms with Crippen LogP contribution >= 0.6 is 0 Å². The smallest absolute Gasteiger partial charge is 0.332 e. The van der Waals surface area contributed by atoms with Crippen LogP contribution in [0.5, 0.6) is 0 Å². The number of ether oxygens (including phenoxy) is 6. The molecule has 0 heterocycles. The van der Waals surface area contributed by atoms with Gasteiger partial charge < -0.3 is 38.6 Å². The summed E-state index contributed by atoms with van der Waals surface area (Å²) in [6.07, 6.45) is -0.446. The summed E-state index contributed by atoms with van der Waals surface area (Å²) in [5.41, 5.74) is -0.572. The van der Waals surface area contributed by atoms with E-state index in [9.17, 15) is 4.79 Å². The average molecular weight is 382 g/mol. The summed E-state index contributed by atoms with van der Waals surface area (Å²) in [5, 5.41) is 17.2. The largest absolute Gasteiger partial charge is 0.458 e. The first kappa shape index (κ1) is 25.2. The van der Waals surface area contributed by atoms with Gasteiger partial charge in [-0.3, -0.25) is 0 Å². The van der Waals surface area contributed by atoms with Crippen LogP contribution in [0.3, 0.4) is 0 Å². The Labute approximate surface area is 155 Å². The summed E-state index contributed by atoms with van der Waals surface area (Å²) in [6.45, 7) is 7.46. The van der Waals surface area contributed by atoms with Crippen molar-refractivity contribution >= 4 is 5.97 Å². The van der Waals surface area contributed by atoms with Crippen molar-refractivity contribution in [1.29, 1.82) is 0 Å². The standard InChI is InChI=1S/C17H34O9/c1-17(2,3)26-16(20)14-25-15(12-23-10-8-21-6-4-18)13-24-11-9-22-7-5-19/h15,18-19H,4-14H2,1-3H3. The lowest BCUT2D eigenvalue weighted by atomic mass is 10.2. The van der Waals surface area contributed by atoms with Crippen molar-refractivity contribution in [2.75, 3.05) is 72.7 Å². The van der Waals surface area contributed by atoms with E-state index in [2.05, 4.69) is 0 Å². The lowest BCUT2D eigenvalue weighted by Crippen LogP contribution is -2.32. The van der Waals surface area contributed by atoms with Crippen LogP contribution in [0.15, 0.2) is 0 Å². The van der Waals surface area contributed by atoms with Gasteiger partial charge in [-0.25, -0.2) is 4.79 Å². The quantitative estimate of drug-likeness (QED) is 0.260. The van der Waals surface area contributed by atoms with Gasteiger partial charge in [0, 0.05) is 0 Å². The van der Waals surface area contributed by atoms with Gasteiger partial charge in [0.15, 0.2) is 0 Å². The fourth-order valence-corrected chi connectivity index (χ4v) is 1.70. The van der Waals surface area contributed by atoms with Crippen LogP contribution in [-0.2, 0) is 33.2 Å². The number of carbonyl (C=O) groups is 1. The van der Waals surface area contributed by atoms with Crippen molar-refractivity contribution in [1.82, 2.24) is 0 Å². The molecule has 0 spiro atoms. The molecule has 2 N–H and O–H groups in total. The molecule has 0 radical (unpaired) electrons. The Hall–Kier alpha value is -0.810. The molecular weight excluding hydrogens is 348 g/mol.